The Morgan fingerprint density at radius 3 is 2.43 bits per heavy atom. The Hall–Kier alpha value is -0.660. The van der Waals surface area contributed by atoms with E-state index in [-0.39, 0.29) is 17.5 Å². The maximum Gasteiger partial charge on any atom is 0.323 e. The Kier molecular flexibility index (Phi) is 4.00. The Bertz CT molecular complexity index is 503. The first kappa shape index (κ1) is 15.2. The van der Waals surface area contributed by atoms with E-state index in [2.05, 4.69) is 10.2 Å². The molecule has 0 aromatic heterocycles. The van der Waals surface area contributed by atoms with Gasteiger partial charge in [-0.1, -0.05) is 0 Å². The maximum atomic E-state index is 11.8. The third kappa shape index (κ3) is 3.40. The fourth-order valence-electron chi connectivity index (χ4n) is 3.65. The fourth-order valence-corrected chi connectivity index (χ4v) is 4.88. The number of nitrogens with one attached hydrogen (secondary N) is 1. The van der Waals surface area contributed by atoms with E-state index in [4.69, 9.17) is 0 Å². The molecular formula is C14H24N2O4S. The number of carbonyl (C=O) groups is 1. The summed E-state index contributed by atoms with van der Waals surface area (Å²) in [6.07, 6.45) is 5.28. The molecule has 1 aliphatic heterocycles. The number of carboxylic acid groups (broad SMARTS) is 1. The van der Waals surface area contributed by atoms with Crippen LogP contribution in [0.2, 0.25) is 0 Å². The van der Waals surface area contributed by atoms with Crippen molar-refractivity contribution in [3.05, 3.63) is 0 Å². The molecule has 6 nitrogen and oxygen atoms in total. The fraction of sp³-hybridized carbons (Fsp3) is 0.929. The van der Waals surface area contributed by atoms with Gasteiger partial charge in [0, 0.05) is 25.2 Å². The molecule has 3 fully saturated rings. The molecule has 3 aliphatic rings. The third-order valence-electron chi connectivity index (χ3n) is 5.09. The highest BCUT2D eigenvalue weighted by Gasteiger charge is 2.47. The molecule has 120 valence electrons. The van der Waals surface area contributed by atoms with Crippen molar-refractivity contribution < 1.29 is 18.3 Å². The van der Waals surface area contributed by atoms with Crippen molar-refractivity contribution in [2.75, 3.05) is 24.6 Å². The predicted molar refractivity (Wildman–Crippen MR) is 79.0 cm³/mol. The Labute approximate surface area is 125 Å². The lowest BCUT2D eigenvalue weighted by Crippen LogP contribution is -2.60. The molecule has 0 radical (unpaired) electrons. The van der Waals surface area contributed by atoms with Crippen LogP contribution in [0.1, 0.15) is 38.5 Å². The number of aliphatic carboxylic acids is 1. The van der Waals surface area contributed by atoms with Gasteiger partial charge >= 0.3 is 5.97 Å². The first-order chi connectivity index (χ1) is 9.90. The molecule has 0 aromatic carbocycles. The normalized spacial score (nSPS) is 37.2. The van der Waals surface area contributed by atoms with E-state index in [1.165, 1.54) is 0 Å². The molecule has 2 aliphatic carbocycles. The van der Waals surface area contributed by atoms with E-state index in [1.807, 2.05) is 0 Å². The van der Waals surface area contributed by atoms with Gasteiger partial charge in [-0.25, -0.2) is 8.42 Å². The molecule has 7 heteroatoms. The zero-order chi connectivity index (χ0) is 15.1. The van der Waals surface area contributed by atoms with Gasteiger partial charge in [0.15, 0.2) is 9.84 Å². The number of hydrogen-bond donors (Lipinski definition) is 2. The van der Waals surface area contributed by atoms with Gasteiger partial charge in [-0.2, -0.15) is 0 Å². The lowest BCUT2D eigenvalue weighted by atomic mass is 9.78. The highest BCUT2D eigenvalue weighted by atomic mass is 32.2. The van der Waals surface area contributed by atoms with Crippen molar-refractivity contribution >= 4 is 15.8 Å². The molecule has 2 unspecified atom stereocenters. The summed E-state index contributed by atoms with van der Waals surface area (Å²) in [5.74, 6) is -0.331. The van der Waals surface area contributed by atoms with E-state index in [9.17, 15) is 18.3 Å². The van der Waals surface area contributed by atoms with Crippen LogP contribution in [-0.2, 0) is 14.6 Å². The van der Waals surface area contributed by atoms with Crippen LogP contribution >= 0.6 is 0 Å². The summed E-state index contributed by atoms with van der Waals surface area (Å²) in [7, 11) is -2.88. The Balaban J connectivity index is 1.68. The lowest BCUT2D eigenvalue weighted by Gasteiger charge is -2.44. The number of nitrogens with zero attached hydrogens (tertiary/aromatic N) is 1. The van der Waals surface area contributed by atoms with Crippen LogP contribution in [0, 0.1) is 0 Å². The summed E-state index contributed by atoms with van der Waals surface area (Å²) < 4.78 is 23.1. The molecule has 2 N–H and O–H groups in total. The zero-order valence-electron chi connectivity index (χ0n) is 12.3. The first-order valence-electron chi connectivity index (χ1n) is 7.86. The van der Waals surface area contributed by atoms with E-state index >= 15 is 0 Å². The standard InChI is InChI=1S/C14H24N2O4S/c17-13(18)14(15-11-3-4-11)5-1-2-12(10-14)16-6-8-21(19,20)9-7-16/h11-12,15H,1-10H2,(H,17,18). The first-order valence-corrected chi connectivity index (χ1v) is 9.68. The zero-order valence-corrected chi connectivity index (χ0v) is 13.1. The van der Waals surface area contributed by atoms with Gasteiger partial charge in [0.25, 0.3) is 0 Å². The van der Waals surface area contributed by atoms with Gasteiger partial charge in [-0.05, 0) is 38.5 Å². The van der Waals surface area contributed by atoms with Crippen molar-refractivity contribution in [3.8, 4) is 0 Å². The van der Waals surface area contributed by atoms with Crippen molar-refractivity contribution in [1.82, 2.24) is 10.2 Å². The quantitative estimate of drug-likeness (QED) is 0.772. The second-order valence-electron chi connectivity index (χ2n) is 6.74. The molecule has 0 amide bonds. The SMILES string of the molecule is O=C(O)C1(NC2CC2)CCCC(N2CCS(=O)(=O)CC2)C1. The number of carboxylic acids is 1. The molecular weight excluding hydrogens is 292 g/mol. The smallest absolute Gasteiger partial charge is 0.323 e. The van der Waals surface area contributed by atoms with Gasteiger partial charge in [-0.15, -0.1) is 0 Å². The average Bonchev–Trinajstić information content (AvgIpc) is 3.22. The van der Waals surface area contributed by atoms with E-state index in [1.54, 1.807) is 0 Å². The van der Waals surface area contributed by atoms with Crippen LogP contribution in [0.15, 0.2) is 0 Å². The largest absolute Gasteiger partial charge is 0.480 e. The molecule has 2 saturated carbocycles. The van der Waals surface area contributed by atoms with Crippen LogP contribution in [0.25, 0.3) is 0 Å². The topological polar surface area (TPSA) is 86.7 Å². The van der Waals surface area contributed by atoms with Crippen molar-refractivity contribution in [2.45, 2.75) is 56.1 Å². The van der Waals surface area contributed by atoms with Crippen LogP contribution in [0.4, 0.5) is 0 Å². The van der Waals surface area contributed by atoms with Crippen molar-refractivity contribution in [3.63, 3.8) is 0 Å². The van der Waals surface area contributed by atoms with Gasteiger partial charge in [-0.3, -0.25) is 15.0 Å². The predicted octanol–water partition coefficient (Wildman–Crippen LogP) is 0.235. The summed E-state index contributed by atoms with van der Waals surface area (Å²) in [4.78, 5) is 14.0. The summed E-state index contributed by atoms with van der Waals surface area (Å²) in [6.45, 7) is 1.10. The second-order valence-corrected chi connectivity index (χ2v) is 9.05. The number of rotatable bonds is 4. The van der Waals surface area contributed by atoms with Crippen LogP contribution in [0.3, 0.4) is 0 Å². The minimum absolute atomic E-state index is 0.191. The van der Waals surface area contributed by atoms with Gasteiger partial charge < -0.3 is 5.11 Å². The molecule has 1 heterocycles. The minimum atomic E-state index is -2.88. The van der Waals surface area contributed by atoms with E-state index < -0.39 is 21.3 Å². The van der Waals surface area contributed by atoms with Gasteiger partial charge in [0.1, 0.15) is 5.54 Å². The Morgan fingerprint density at radius 1 is 1.19 bits per heavy atom. The monoisotopic (exact) mass is 316 g/mol. The molecule has 2 atom stereocenters. The molecule has 0 aromatic rings. The molecule has 3 rings (SSSR count). The summed E-state index contributed by atoms with van der Waals surface area (Å²) >= 11 is 0. The Morgan fingerprint density at radius 2 is 1.86 bits per heavy atom. The van der Waals surface area contributed by atoms with Crippen LogP contribution < -0.4 is 5.32 Å². The highest BCUT2D eigenvalue weighted by molar-refractivity contribution is 7.91. The van der Waals surface area contributed by atoms with Crippen molar-refractivity contribution in [1.29, 1.82) is 0 Å². The molecule has 0 spiro atoms. The third-order valence-corrected chi connectivity index (χ3v) is 6.70. The minimum Gasteiger partial charge on any atom is -0.480 e. The highest BCUT2D eigenvalue weighted by Crippen LogP contribution is 2.35. The van der Waals surface area contributed by atoms with E-state index in [0.29, 0.717) is 32.0 Å². The average molecular weight is 316 g/mol. The lowest BCUT2D eigenvalue weighted by molar-refractivity contribution is -0.147. The van der Waals surface area contributed by atoms with Gasteiger partial charge in [0.05, 0.1) is 11.5 Å². The number of sulfone groups is 1. The molecule has 1 saturated heterocycles. The van der Waals surface area contributed by atoms with Crippen LogP contribution in [0.5, 0.6) is 0 Å². The van der Waals surface area contributed by atoms with Crippen LogP contribution in [-0.4, -0.2) is 66.6 Å². The van der Waals surface area contributed by atoms with Gasteiger partial charge in [0.2, 0.25) is 0 Å². The molecule has 0 bridgehead atoms. The summed E-state index contributed by atoms with van der Waals surface area (Å²) in [6, 6.07) is 0.554. The summed E-state index contributed by atoms with van der Waals surface area (Å²) in [5.41, 5.74) is -0.805. The maximum absolute atomic E-state index is 11.8. The molecule has 21 heavy (non-hydrogen) atoms. The second kappa shape index (κ2) is 5.52. The van der Waals surface area contributed by atoms with E-state index in [0.717, 1.165) is 25.7 Å². The summed E-state index contributed by atoms with van der Waals surface area (Å²) in [5, 5.41) is 13.0. The number of hydrogen-bond acceptors (Lipinski definition) is 5. The van der Waals surface area contributed by atoms with Crippen molar-refractivity contribution in [2.24, 2.45) is 0 Å².